The molecule has 1 aliphatic heterocycles. The highest BCUT2D eigenvalue weighted by Gasteiger charge is 2.25. The van der Waals surface area contributed by atoms with Crippen LogP contribution in [0.25, 0.3) is 0 Å². The van der Waals surface area contributed by atoms with Gasteiger partial charge in [-0.3, -0.25) is 9.69 Å². The van der Waals surface area contributed by atoms with Crippen LogP contribution in [-0.4, -0.2) is 57.0 Å². The zero-order chi connectivity index (χ0) is 15.5. The number of carbonyl (C=O) groups is 1. The fraction of sp³-hybridized carbons (Fsp3) is 0.429. The van der Waals surface area contributed by atoms with E-state index >= 15 is 0 Å². The van der Waals surface area contributed by atoms with E-state index in [0.717, 1.165) is 24.5 Å². The molecule has 0 aromatic carbocycles. The Morgan fingerprint density at radius 1 is 1.27 bits per heavy atom. The Balaban J connectivity index is 1.57. The number of rotatable bonds is 3. The summed E-state index contributed by atoms with van der Waals surface area (Å²) < 4.78 is 5.22. The van der Waals surface area contributed by atoms with Crippen molar-refractivity contribution in [3.8, 4) is 0 Å². The molecule has 0 bridgehead atoms. The van der Waals surface area contributed by atoms with Crippen molar-refractivity contribution in [2.24, 2.45) is 0 Å². The van der Waals surface area contributed by atoms with E-state index in [9.17, 15) is 4.79 Å². The van der Waals surface area contributed by atoms with Gasteiger partial charge in [0.2, 0.25) is 0 Å². The number of aryl methyl sites for hydroxylation is 1. The van der Waals surface area contributed by atoms with Crippen molar-refractivity contribution < 1.29 is 9.32 Å². The molecule has 0 radical (unpaired) electrons. The molecule has 0 spiro atoms. The summed E-state index contributed by atoms with van der Waals surface area (Å²) in [6.45, 7) is 5.40. The second kappa shape index (κ2) is 6.10. The van der Waals surface area contributed by atoms with Crippen molar-refractivity contribution in [3.63, 3.8) is 0 Å². The molecular weight excluding hydrogens is 284 g/mol. The van der Waals surface area contributed by atoms with Crippen molar-refractivity contribution in [2.45, 2.75) is 13.5 Å². The minimum absolute atomic E-state index is 0.166. The Morgan fingerprint density at radius 2 is 2.00 bits per heavy atom. The summed E-state index contributed by atoms with van der Waals surface area (Å²) >= 11 is 0. The van der Waals surface area contributed by atoms with Crippen LogP contribution in [0.3, 0.4) is 0 Å². The first-order valence-electron chi connectivity index (χ1n) is 7.14. The molecule has 22 heavy (non-hydrogen) atoms. The number of anilines is 1. The highest BCUT2D eigenvalue weighted by atomic mass is 16.5. The minimum atomic E-state index is -0.166. The number of carbonyl (C=O) groups excluding carboxylic acids is 1. The van der Waals surface area contributed by atoms with Crippen LogP contribution >= 0.6 is 0 Å². The summed E-state index contributed by atoms with van der Waals surface area (Å²) in [5.74, 6) is 0.850. The van der Waals surface area contributed by atoms with Crippen molar-refractivity contribution in [1.29, 1.82) is 0 Å². The molecule has 8 heteroatoms. The number of hydrogen-bond acceptors (Lipinski definition) is 7. The van der Waals surface area contributed by atoms with Crippen LogP contribution in [0, 0.1) is 6.92 Å². The highest BCUT2D eigenvalue weighted by Crippen LogP contribution is 2.13. The third kappa shape index (κ3) is 3.06. The number of amides is 1. The summed E-state index contributed by atoms with van der Waals surface area (Å²) in [5.41, 5.74) is 6.81. The summed E-state index contributed by atoms with van der Waals surface area (Å²) in [4.78, 5) is 24.3. The Morgan fingerprint density at radius 3 is 2.64 bits per heavy atom. The van der Waals surface area contributed by atoms with E-state index in [1.54, 1.807) is 4.90 Å². The summed E-state index contributed by atoms with van der Waals surface area (Å²) in [5, 5.41) is 3.88. The first-order chi connectivity index (χ1) is 10.6. The zero-order valence-electron chi connectivity index (χ0n) is 12.4. The van der Waals surface area contributed by atoms with Gasteiger partial charge in [-0.25, -0.2) is 9.97 Å². The van der Waals surface area contributed by atoms with Crippen molar-refractivity contribution in [1.82, 2.24) is 24.9 Å². The van der Waals surface area contributed by atoms with E-state index in [0.29, 0.717) is 19.6 Å². The fourth-order valence-corrected chi connectivity index (χ4v) is 2.48. The van der Waals surface area contributed by atoms with E-state index in [-0.39, 0.29) is 17.4 Å². The maximum Gasteiger partial charge on any atom is 0.276 e. The second-order valence-electron chi connectivity index (χ2n) is 5.29. The van der Waals surface area contributed by atoms with Gasteiger partial charge in [0, 0.05) is 44.6 Å². The van der Waals surface area contributed by atoms with Gasteiger partial charge in [0.05, 0.1) is 12.2 Å². The predicted molar refractivity (Wildman–Crippen MR) is 78.9 cm³/mol. The largest absolute Gasteiger partial charge is 0.382 e. The monoisotopic (exact) mass is 302 g/mol. The van der Waals surface area contributed by atoms with Gasteiger partial charge < -0.3 is 15.2 Å². The number of nitrogen functional groups attached to an aromatic ring is 1. The van der Waals surface area contributed by atoms with Crippen molar-refractivity contribution in [3.05, 3.63) is 35.6 Å². The Kier molecular flexibility index (Phi) is 4.01. The Hall–Kier alpha value is -2.48. The van der Waals surface area contributed by atoms with Gasteiger partial charge in [0.1, 0.15) is 0 Å². The molecule has 0 aliphatic carbocycles. The molecule has 116 valence electrons. The van der Waals surface area contributed by atoms with Crippen LogP contribution < -0.4 is 5.73 Å². The summed E-state index contributed by atoms with van der Waals surface area (Å²) in [7, 11) is 0. The topological polar surface area (TPSA) is 101 Å². The number of hydrogen-bond donors (Lipinski definition) is 1. The van der Waals surface area contributed by atoms with E-state index in [1.165, 1.54) is 12.4 Å². The van der Waals surface area contributed by atoms with E-state index in [2.05, 4.69) is 20.0 Å². The lowest BCUT2D eigenvalue weighted by Gasteiger charge is -2.34. The molecule has 0 unspecified atom stereocenters. The molecule has 0 atom stereocenters. The summed E-state index contributed by atoms with van der Waals surface area (Å²) in [6, 6.07) is 1.93. The molecule has 3 rings (SSSR count). The molecular formula is C14H18N6O2. The molecule has 0 saturated carbocycles. The molecule has 8 nitrogen and oxygen atoms in total. The molecule has 1 aliphatic rings. The average Bonchev–Trinajstić information content (AvgIpc) is 2.93. The predicted octanol–water partition coefficient (Wildman–Crippen LogP) is 0.313. The second-order valence-corrected chi connectivity index (χ2v) is 5.29. The maximum atomic E-state index is 12.4. The smallest absolute Gasteiger partial charge is 0.276 e. The van der Waals surface area contributed by atoms with Crippen LogP contribution in [0.5, 0.6) is 0 Å². The van der Waals surface area contributed by atoms with Gasteiger partial charge in [0.15, 0.2) is 17.3 Å². The van der Waals surface area contributed by atoms with E-state index in [4.69, 9.17) is 10.3 Å². The average molecular weight is 302 g/mol. The maximum absolute atomic E-state index is 12.4. The third-order valence-corrected chi connectivity index (χ3v) is 3.64. The fourth-order valence-electron chi connectivity index (χ4n) is 2.48. The molecule has 2 aromatic heterocycles. The quantitative estimate of drug-likeness (QED) is 0.870. The first kappa shape index (κ1) is 14.5. The van der Waals surface area contributed by atoms with Crippen LogP contribution in [0.2, 0.25) is 0 Å². The SMILES string of the molecule is Cc1cc(CN2CCN(C(=O)c3nccnc3N)CC2)on1. The van der Waals surface area contributed by atoms with E-state index < -0.39 is 0 Å². The number of piperazine rings is 1. The van der Waals surface area contributed by atoms with Gasteiger partial charge >= 0.3 is 0 Å². The van der Waals surface area contributed by atoms with E-state index in [1.807, 2.05) is 13.0 Å². The molecule has 3 heterocycles. The van der Waals surface area contributed by atoms with Gasteiger partial charge in [0.25, 0.3) is 5.91 Å². The third-order valence-electron chi connectivity index (χ3n) is 3.64. The standard InChI is InChI=1S/C14H18N6O2/c1-10-8-11(22-18-10)9-19-4-6-20(7-5-19)14(21)12-13(15)17-3-2-16-12/h2-3,8H,4-7,9H2,1H3,(H2,15,17). The van der Waals surface area contributed by atoms with Gasteiger partial charge in [-0.05, 0) is 6.92 Å². The molecule has 1 fully saturated rings. The van der Waals surface area contributed by atoms with Crippen LogP contribution in [0.1, 0.15) is 21.9 Å². The molecule has 1 amide bonds. The lowest BCUT2D eigenvalue weighted by Crippen LogP contribution is -2.48. The van der Waals surface area contributed by atoms with Gasteiger partial charge in [-0.2, -0.15) is 0 Å². The van der Waals surface area contributed by atoms with Crippen molar-refractivity contribution in [2.75, 3.05) is 31.9 Å². The molecule has 2 aromatic rings. The van der Waals surface area contributed by atoms with Gasteiger partial charge in [-0.1, -0.05) is 5.16 Å². The number of nitrogens with two attached hydrogens (primary N) is 1. The van der Waals surface area contributed by atoms with Crippen LogP contribution in [0.4, 0.5) is 5.82 Å². The number of nitrogens with zero attached hydrogens (tertiary/aromatic N) is 5. The normalized spacial score (nSPS) is 16.0. The van der Waals surface area contributed by atoms with Crippen molar-refractivity contribution >= 4 is 11.7 Å². The zero-order valence-corrected chi connectivity index (χ0v) is 12.4. The van der Waals surface area contributed by atoms with Gasteiger partial charge in [-0.15, -0.1) is 0 Å². The lowest BCUT2D eigenvalue weighted by atomic mass is 10.2. The first-order valence-corrected chi connectivity index (χ1v) is 7.14. The Labute approximate surface area is 127 Å². The molecule has 1 saturated heterocycles. The Bertz CT molecular complexity index is 663. The summed E-state index contributed by atoms with van der Waals surface area (Å²) in [6.07, 6.45) is 2.95. The van der Waals surface area contributed by atoms with Crippen LogP contribution in [-0.2, 0) is 6.54 Å². The minimum Gasteiger partial charge on any atom is -0.382 e. The molecule has 2 N–H and O–H groups in total. The number of aromatic nitrogens is 3. The highest BCUT2D eigenvalue weighted by molar-refractivity contribution is 5.96. The lowest BCUT2D eigenvalue weighted by molar-refractivity contribution is 0.0612. The van der Waals surface area contributed by atoms with Crippen LogP contribution in [0.15, 0.2) is 23.0 Å².